The highest BCUT2D eigenvalue weighted by Gasteiger charge is 2.05. The summed E-state index contributed by atoms with van der Waals surface area (Å²) in [5.41, 5.74) is 2.81. The van der Waals surface area contributed by atoms with Gasteiger partial charge in [-0.3, -0.25) is 0 Å². The summed E-state index contributed by atoms with van der Waals surface area (Å²) >= 11 is 9.43. The highest BCUT2D eigenvalue weighted by molar-refractivity contribution is 9.10. The van der Waals surface area contributed by atoms with Crippen molar-refractivity contribution in [3.8, 4) is 0 Å². The van der Waals surface area contributed by atoms with Crippen LogP contribution in [-0.4, -0.2) is 15.2 Å². The minimum atomic E-state index is 0.400. The summed E-state index contributed by atoms with van der Waals surface area (Å²) in [5, 5.41) is 14.9. The van der Waals surface area contributed by atoms with E-state index < -0.39 is 0 Å². The minimum absolute atomic E-state index is 0.400. The number of aryl methyl sites for hydroxylation is 1. The molecular formula is C16H13BrClN5. The second-order valence-corrected chi connectivity index (χ2v) is 6.23. The molecule has 0 aliphatic rings. The Bertz CT molecular complexity index is 823. The number of aromatic nitrogens is 3. The summed E-state index contributed by atoms with van der Waals surface area (Å²) in [6.45, 7) is 1.98. The van der Waals surface area contributed by atoms with Gasteiger partial charge in [-0.05, 0) is 48.9 Å². The number of nitrogens with zero attached hydrogens (tertiary/aromatic N) is 3. The zero-order valence-electron chi connectivity index (χ0n) is 12.2. The van der Waals surface area contributed by atoms with Gasteiger partial charge in [0.15, 0.2) is 5.82 Å². The second kappa shape index (κ2) is 6.93. The molecule has 0 bridgehead atoms. The van der Waals surface area contributed by atoms with Crippen molar-refractivity contribution in [2.45, 2.75) is 6.92 Å². The molecule has 5 nitrogen and oxygen atoms in total. The van der Waals surface area contributed by atoms with Gasteiger partial charge in [-0.25, -0.2) is 0 Å². The lowest BCUT2D eigenvalue weighted by Crippen LogP contribution is -2.03. The van der Waals surface area contributed by atoms with E-state index in [9.17, 15) is 0 Å². The maximum atomic E-state index is 6.02. The van der Waals surface area contributed by atoms with E-state index in [2.05, 4.69) is 41.7 Å². The third kappa shape index (κ3) is 4.18. The average molecular weight is 391 g/mol. The molecule has 0 aliphatic heterocycles. The Morgan fingerprint density at radius 2 is 1.83 bits per heavy atom. The van der Waals surface area contributed by atoms with Gasteiger partial charge >= 0.3 is 0 Å². The molecule has 0 saturated carbocycles. The molecule has 0 fully saturated rings. The Balaban J connectivity index is 1.79. The molecule has 0 unspecified atom stereocenters. The lowest BCUT2D eigenvalue weighted by molar-refractivity contribution is 0.982. The van der Waals surface area contributed by atoms with Crippen LogP contribution in [-0.2, 0) is 0 Å². The first-order chi connectivity index (χ1) is 11.1. The predicted molar refractivity (Wildman–Crippen MR) is 96.7 cm³/mol. The Labute approximate surface area is 147 Å². The van der Waals surface area contributed by atoms with Crippen LogP contribution in [0.4, 0.5) is 23.1 Å². The van der Waals surface area contributed by atoms with Gasteiger partial charge in [0.1, 0.15) is 0 Å². The molecule has 0 saturated heterocycles. The van der Waals surface area contributed by atoms with Crippen LogP contribution < -0.4 is 10.6 Å². The monoisotopic (exact) mass is 389 g/mol. The Morgan fingerprint density at radius 3 is 2.61 bits per heavy atom. The fraction of sp³-hybridized carbons (Fsp3) is 0.0625. The Kier molecular flexibility index (Phi) is 4.73. The molecule has 1 aromatic heterocycles. The largest absolute Gasteiger partial charge is 0.339 e. The first kappa shape index (κ1) is 15.7. The summed E-state index contributed by atoms with van der Waals surface area (Å²) in [7, 11) is 0. The summed E-state index contributed by atoms with van der Waals surface area (Å²) in [6, 6.07) is 13.4. The molecule has 3 rings (SSSR count). The van der Waals surface area contributed by atoms with Gasteiger partial charge in [0.2, 0.25) is 5.95 Å². The van der Waals surface area contributed by atoms with E-state index in [1.54, 1.807) is 6.20 Å². The highest BCUT2D eigenvalue weighted by atomic mass is 79.9. The van der Waals surface area contributed by atoms with Crippen molar-refractivity contribution in [1.29, 1.82) is 0 Å². The van der Waals surface area contributed by atoms with Crippen LogP contribution in [0.1, 0.15) is 5.56 Å². The van der Waals surface area contributed by atoms with Crippen molar-refractivity contribution in [3.05, 3.63) is 63.7 Å². The van der Waals surface area contributed by atoms with Crippen molar-refractivity contribution >= 4 is 50.7 Å². The summed E-state index contributed by atoms with van der Waals surface area (Å²) < 4.78 is 1.02. The molecule has 2 aromatic carbocycles. The van der Waals surface area contributed by atoms with E-state index in [1.807, 2.05) is 49.4 Å². The van der Waals surface area contributed by atoms with Gasteiger partial charge in [-0.1, -0.05) is 33.6 Å². The van der Waals surface area contributed by atoms with Crippen molar-refractivity contribution in [2.75, 3.05) is 10.6 Å². The number of nitrogens with one attached hydrogen (secondary N) is 2. The smallest absolute Gasteiger partial charge is 0.249 e. The number of hydrogen-bond acceptors (Lipinski definition) is 5. The number of halogens is 2. The summed E-state index contributed by atoms with van der Waals surface area (Å²) in [5.74, 6) is 1.00. The Morgan fingerprint density at radius 1 is 1.04 bits per heavy atom. The number of rotatable bonds is 4. The van der Waals surface area contributed by atoms with Crippen LogP contribution in [0.2, 0.25) is 5.02 Å². The molecule has 3 aromatic rings. The van der Waals surface area contributed by atoms with Gasteiger partial charge in [-0.2, -0.15) is 10.1 Å². The molecule has 0 radical (unpaired) electrons. The van der Waals surface area contributed by atoms with E-state index >= 15 is 0 Å². The molecule has 2 N–H and O–H groups in total. The SMILES string of the molecule is Cc1ccc(Cl)cc1Nc1nncc(Nc2ccc(Br)cc2)n1. The fourth-order valence-corrected chi connectivity index (χ4v) is 2.38. The van der Waals surface area contributed by atoms with Crippen molar-refractivity contribution in [1.82, 2.24) is 15.2 Å². The van der Waals surface area contributed by atoms with Crippen LogP contribution >= 0.6 is 27.5 Å². The highest BCUT2D eigenvalue weighted by Crippen LogP contribution is 2.23. The molecular weight excluding hydrogens is 378 g/mol. The zero-order chi connectivity index (χ0) is 16.2. The van der Waals surface area contributed by atoms with Gasteiger partial charge in [0.25, 0.3) is 0 Å². The number of hydrogen-bond donors (Lipinski definition) is 2. The molecule has 23 heavy (non-hydrogen) atoms. The van der Waals surface area contributed by atoms with Crippen molar-refractivity contribution in [3.63, 3.8) is 0 Å². The normalized spacial score (nSPS) is 10.4. The number of anilines is 4. The van der Waals surface area contributed by atoms with E-state index in [0.29, 0.717) is 16.8 Å². The van der Waals surface area contributed by atoms with Gasteiger partial charge in [0.05, 0.1) is 6.20 Å². The minimum Gasteiger partial charge on any atom is -0.339 e. The quantitative estimate of drug-likeness (QED) is 0.650. The fourth-order valence-electron chi connectivity index (χ4n) is 1.95. The van der Waals surface area contributed by atoms with Crippen LogP contribution in [0, 0.1) is 6.92 Å². The maximum absolute atomic E-state index is 6.02. The standard InChI is InChI=1S/C16H13BrClN5/c1-10-2-5-12(18)8-14(10)21-16-22-15(9-19-23-16)20-13-6-3-11(17)4-7-13/h2-9H,1H3,(H2,20,21,22,23). The van der Waals surface area contributed by atoms with E-state index in [4.69, 9.17) is 11.6 Å². The van der Waals surface area contributed by atoms with E-state index in [1.165, 1.54) is 0 Å². The molecule has 7 heteroatoms. The van der Waals surface area contributed by atoms with Crippen LogP contribution in [0.15, 0.2) is 53.1 Å². The zero-order valence-corrected chi connectivity index (χ0v) is 14.6. The maximum Gasteiger partial charge on any atom is 0.249 e. The van der Waals surface area contributed by atoms with Gasteiger partial charge in [-0.15, -0.1) is 5.10 Å². The third-order valence-electron chi connectivity index (χ3n) is 3.12. The molecule has 0 amide bonds. The van der Waals surface area contributed by atoms with Crippen molar-refractivity contribution < 1.29 is 0 Å². The molecule has 1 heterocycles. The first-order valence-electron chi connectivity index (χ1n) is 6.86. The van der Waals surface area contributed by atoms with Crippen LogP contribution in [0.25, 0.3) is 0 Å². The van der Waals surface area contributed by atoms with Crippen LogP contribution in [0.3, 0.4) is 0 Å². The van der Waals surface area contributed by atoms with E-state index in [0.717, 1.165) is 21.4 Å². The lowest BCUT2D eigenvalue weighted by Gasteiger charge is -2.10. The predicted octanol–water partition coefficient (Wildman–Crippen LogP) is 5.08. The first-order valence-corrected chi connectivity index (χ1v) is 8.03. The summed E-state index contributed by atoms with van der Waals surface area (Å²) in [4.78, 5) is 4.41. The molecule has 0 spiro atoms. The number of benzene rings is 2. The molecule has 116 valence electrons. The van der Waals surface area contributed by atoms with Crippen molar-refractivity contribution in [2.24, 2.45) is 0 Å². The summed E-state index contributed by atoms with van der Waals surface area (Å²) in [6.07, 6.45) is 1.57. The third-order valence-corrected chi connectivity index (χ3v) is 3.89. The molecule has 0 aliphatic carbocycles. The lowest BCUT2D eigenvalue weighted by atomic mass is 10.2. The topological polar surface area (TPSA) is 62.7 Å². The second-order valence-electron chi connectivity index (χ2n) is 4.88. The van der Waals surface area contributed by atoms with Gasteiger partial charge in [0, 0.05) is 20.9 Å². The van der Waals surface area contributed by atoms with Gasteiger partial charge < -0.3 is 10.6 Å². The van der Waals surface area contributed by atoms with Crippen LogP contribution in [0.5, 0.6) is 0 Å². The molecule has 0 atom stereocenters. The average Bonchev–Trinajstić information content (AvgIpc) is 2.54. The Hall–Kier alpha value is -2.18. The van der Waals surface area contributed by atoms with E-state index in [-0.39, 0.29) is 0 Å².